The summed E-state index contributed by atoms with van der Waals surface area (Å²) in [5.41, 5.74) is 3.69. The summed E-state index contributed by atoms with van der Waals surface area (Å²) in [6.45, 7) is 3.64. The van der Waals surface area contributed by atoms with Crippen LogP contribution < -0.4 is 15.4 Å². The minimum absolute atomic E-state index is 0.0957. The molecule has 3 aromatic carbocycles. The summed E-state index contributed by atoms with van der Waals surface area (Å²) < 4.78 is 6.46. The van der Waals surface area contributed by atoms with Gasteiger partial charge in [-0.25, -0.2) is 0 Å². The Morgan fingerprint density at radius 3 is 2.52 bits per heavy atom. The number of amides is 2. The maximum absolute atomic E-state index is 12.6. The highest BCUT2D eigenvalue weighted by molar-refractivity contribution is 9.10. The summed E-state index contributed by atoms with van der Waals surface area (Å²) in [5, 5.41) is 15.1. The van der Waals surface area contributed by atoms with Crippen LogP contribution in [0.5, 0.6) is 5.75 Å². The summed E-state index contributed by atoms with van der Waals surface area (Å²) in [4.78, 5) is 25.0. The smallest absolute Gasteiger partial charge is 0.266 e. The number of anilines is 2. The second-order valence-electron chi connectivity index (χ2n) is 7.33. The second kappa shape index (κ2) is 11.1. The molecule has 0 unspecified atom stereocenters. The predicted octanol–water partition coefficient (Wildman–Crippen LogP) is 5.63. The van der Waals surface area contributed by atoms with Gasteiger partial charge in [-0.05, 0) is 67.4 Å². The van der Waals surface area contributed by atoms with Gasteiger partial charge in [0.1, 0.15) is 17.4 Å². The van der Waals surface area contributed by atoms with Gasteiger partial charge >= 0.3 is 0 Å². The molecule has 3 rings (SSSR count). The Kier molecular flexibility index (Phi) is 8.01. The second-order valence-corrected chi connectivity index (χ2v) is 8.24. The van der Waals surface area contributed by atoms with Gasteiger partial charge in [-0.2, -0.15) is 5.26 Å². The Morgan fingerprint density at radius 2 is 1.79 bits per heavy atom. The fourth-order valence-electron chi connectivity index (χ4n) is 2.99. The van der Waals surface area contributed by atoms with Crippen molar-refractivity contribution >= 4 is 45.2 Å². The average Bonchev–Trinajstić information content (AvgIpc) is 2.80. The molecule has 3 aromatic rings. The topological polar surface area (TPSA) is 91.2 Å². The molecule has 0 aliphatic carbocycles. The van der Waals surface area contributed by atoms with Crippen molar-refractivity contribution in [2.45, 2.75) is 13.8 Å². The molecule has 0 saturated heterocycles. The lowest BCUT2D eigenvalue weighted by Gasteiger charge is -2.12. The van der Waals surface area contributed by atoms with Gasteiger partial charge < -0.3 is 15.4 Å². The molecule has 0 atom stereocenters. The maximum atomic E-state index is 12.6. The van der Waals surface area contributed by atoms with E-state index in [2.05, 4.69) is 26.6 Å². The van der Waals surface area contributed by atoms with Crippen LogP contribution in [0.2, 0.25) is 0 Å². The maximum Gasteiger partial charge on any atom is 0.266 e. The number of hydrogen-bond donors (Lipinski definition) is 2. The minimum atomic E-state index is -0.540. The number of nitrogens with zero attached hydrogens (tertiary/aromatic N) is 1. The third-order valence-electron chi connectivity index (χ3n) is 4.69. The van der Waals surface area contributed by atoms with Crippen molar-refractivity contribution in [3.8, 4) is 11.8 Å². The average molecular weight is 504 g/mol. The van der Waals surface area contributed by atoms with Gasteiger partial charge in [-0.3, -0.25) is 9.59 Å². The Labute approximate surface area is 201 Å². The highest BCUT2D eigenvalue weighted by atomic mass is 79.9. The van der Waals surface area contributed by atoms with Crippen molar-refractivity contribution in [2.24, 2.45) is 0 Å². The van der Waals surface area contributed by atoms with E-state index in [9.17, 15) is 14.9 Å². The number of aryl methyl sites for hydroxylation is 2. The van der Waals surface area contributed by atoms with Crippen molar-refractivity contribution in [2.75, 3.05) is 17.2 Å². The van der Waals surface area contributed by atoms with E-state index in [0.29, 0.717) is 17.0 Å². The lowest BCUT2D eigenvalue weighted by atomic mass is 10.1. The van der Waals surface area contributed by atoms with Crippen molar-refractivity contribution in [1.29, 1.82) is 5.26 Å². The number of carbonyl (C=O) groups excluding carboxylic acids is 2. The number of halogens is 1. The number of nitriles is 1. The number of para-hydroxylation sites is 1. The lowest BCUT2D eigenvalue weighted by molar-refractivity contribution is -0.118. The molecule has 0 aromatic heterocycles. The zero-order valence-electron chi connectivity index (χ0n) is 18.2. The molecule has 0 aliphatic heterocycles. The first-order chi connectivity index (χ1) is 15.9. The first kappa shape index (κ1) is 23.8. The van der Waals surface area contributed by atoms with Crippen LogP contribution >= 0.6 is 15.9 Å². The van der Waals surface area contributed by atoms with Crippen LogP contribution in [0.15, 0.2) is 76.8 Å². The normalized spacial score (nSPS) is 10.8. The first-order valence-corrected chi connectivity index (χ1v) is 10.9. The van der Waals surface area contributed by atoms with E-state index in [1.807, 2.05) is 44.2 Å². The SMILES string of the molecule is Cc1ccc(C)c(NC(=O)COc2ccc(Br)cc2/C=C(\C#N)C(=O)Nc2ccccc2)c1. The fourth-order valence-corrected chi connectivity index (χ4v) is 3.37. The van der Waals surface area contributed by atoms with Gasteiger partial charge in [0, 0.05) is 21.4 Å². The Morgan fingerprint density at radius 1 is 1.03 bits per heavy atom. The quantitative estimate of drug-likeness (QED) is 0.322. The van der Waals surface area contributed by atoms with Crippen molar-refractivity contribution in [3.63, 3.8) is 0 Å². The van der Waals surface area contributed by atoms with Crippen LogP contribution in [-0.4, -0.2) is 18.4 Å². The number of nitrogens with one attached hydrogen (secondary N) is 2. The highest BCUT2D eigenvalue weighted by Gasteiger charge is 2.13. The molecule has 0 radical (unpaired) electrons. The van der Waals surface area contributed by atoms with Gasteiger partial charge in [-0.15, -0.1) is 0 Å². The van der Waals surface area contributed by atoms with E-state index < -0.39 is 5.91 Å². The van der Waals surface area contributed by atoms with E-state index in [4.69, 9.17) is 4.74 Å². The van der Waals surface area contributed by atoms with Crippen LogP contribution in [0.3, 0.4) is 0 Å². The molecule has 33 heavy (non-hydrogen) atoms. The Balaban J connectivity index is 1.75. The Hall–Kier alpha value is -3.89. The predicted molar refractivity (Wildman–Crippen MR) is 133 cm³/mol. The molecule has 2 N–H and O–H groups in total. The molecule has 0 saturated carbocycles. The molecule has 0 bridgehead atoms. The largest absolute Gasteiger partial charge is 0.483 e. The summed E-state index contributed by atoms with van der Waals surface area (Å²) in [6.07, 6.45) is 1.43. The lowest BCUT2D eigenvalue weighted by Crippen LogP contribution is -2.21. The highest BCUT2D eigenvalue weighted by Crippen LogP contribution is 2.26. The first-order valence-electron chi connectivity index (χ1n) is 10.1. The van der Waals surface area contributed by atoms with Gasteiger partial charge in [0.25, 0.3) is 11.8 Å². The number of rotatable bonds is 7. The van der Waals surface area contributed by atoms with E-state index in [0.717, 1.165) is 21.3 Å². The monoisotopic (exact) mass is 503 g/mol. The number of ether oxygens (including phenoxy) is 1. The molecule has 0 aliphatic rings. The third-order valence-corrected chi connectivity index (χ3v) is 5.19. The fraction of sp³-hybridized carbons (Fsp3) is 0.115. The molecule has 6 nitrogen and oxygen atoms in total. The number of hydrogen-bond acceptors (Lipinski definition) is 4. The van der Waals surface area contributed by atoms with E-state index in [1.54, 1.807) is 42.5 Å². The van der Waals surface area contributed by atoms with E-state index in [-0.39, 0.29) is 18.1 Å². The van der Waals surface area contributed by atoms with Crippen LogP contribution in [0, 0.1) is 25.2 Å². The van der Waals surface area contributed by atoms with Crippen molar-refractivity contribution in [3.05, 3.63) is 93.5 Å². The molecule has 7 heteroatoms. The summed E-state index contributed by atoms with van der Waals surface area (Å²) in [6, 6.07) is 21.7. The van der Waals surface area contributed by atoms with Gasteiger partial charge in [0.15, 0.2) is 6.61 Å². The number of carbonyl (C=O) groups is 2. The molecule has 166 valence electrons. The zero-order valence-corrected chi connectivity index (χ0v) is 19.8. The Bertz CT molecular complexity index is 1250. The molecular weight excluding hydrogens is 482 g/mol. The standard InChI is InChI=1S/C26H22BrN3O3/c1-17-8-9-18(2)23(12-17)30-25(31)16-33-24-11-10-21(27)14-19(24)13-20(15-28)26(32)29-22-6-4-3-5-7-22/h3-14H,16H2,1-2H3,(H,29,32)(H,30,31)/b20-13+. The molecular formula is C26H22BrN3O3. The third kappa shape index (κ3) is 6.79. The van der Waals surface area contributed by atoms with E-state index >= 15 is 0 Å². The summed E-state index contributed by atoms with van der Waals surface area (Å²) in [7, 11) is 0. The molecule has 0 heterocycles. The van der Waals surface area contributed by atoms with Gasteiger partial charge in [0.05, 0.1) is 0 Å². The summed E-state index contributed by atoms with van der Waals surface area (Å²) in [5.74, 6) is -0.485. The van der Waals surface area contributed by atoms with Crippen LogP contribution in [0.25, 0.3) is 6.08 Å². The molecule has 2 amide bonds. The van der Waals surface area contributed by atoms with Crippen molar-refractivity contribution in [1.82, 2.24) is 0 Å². The molecule has 0 spiro atoms. The number of benzene rings is 3. The van der Waals surface area contributed by atoms with Crippen LogP contribution in [-0.2, 0) is 9.59 Å². The minimum Gasteiger partial charge on any atom is -0.483 e. The van der Waals surface area contributed by atoms with Crippen LogP contribution in [0.1, 0.15) is 16.7 Å². The summed E-state index contributed by atoms with van der Waals surface area (Å²) >= 11 is 3.39. The van der Waals surface area contributed by atoms with Crippen LogP contribution in [0.4, 0.5) is 11.4 Å². The van der Waals surface area contributed by atoms with Gasteiger partial charge in [-0.1, -0.05) is 46.3 Å². The van der Waals surface area contributed by atoms with E-state index in [1.165, 1.54) is 6.08 Å². The van der Waals surface area contributed by atoms with Crippen molar-refractivity contribution < 1.29 is 14.3 Å². The zero-order chi connectivity index (χ0) is 23.8. The van der Waals surface area contributed by atoms with Gasteiger partial charge in [0.2, 0.25) is 0 Å². The molecule has 0 fully saturated rings.